The summed E-state index contributed by atoms with van der Waals surface area (Å²) in [6.45, 7) is 0. The lowest BCUT2D eigenvalue weighted by Gasteiger charge is -2.08. The number of nitrogens with zero attached hydrogens (tertiary/aromatic N) is 3. The summed E-state index contributed by atoms with van der Waals surface area (Å²) in [6, 6.07) is 23.7. The topological polar surface area (TPSA) is 92.5 Å². The van der Waals surface area contributed by atoms with E-state index in [9.17, 15) is 14.1 Å². The van der Waals surface area contributed by atoms with Crippen LogP contribution < -0.4 is 0 Å². The van der Waals surface area contributed by atoms with Crippen molar-refractivity contribution in [2.24, 2.45) is 4.36 Å². The molecule has 1 N–H and O–H groups in total. The van der Waals surface area contributed by atoms with Crippen molar-refractivity contribution < 1.29 is 14.1 Å². The Hall–Kier alpha value is -4.54. The number of carbonyl (C=O) groups is 1. The zero-order valence-corrected chi connectivity index (χ0v) is 19.5. The van der Waals surface area contributed by atoms with Gasteiger partial charge in [0.05, 0.1) is 37.0 Å². The van der Waals surface area contributed by atoms with E-state index in [1.807, 2.05) is 54.6 Å². The van der Waals surface area contributed by atoms with Crippen molar-refractivity contribution in [1.29, 1.82) is 0 Å². The quantitative estimate of drug-likeness (QED) is 0.338. The zero-order chi connectivity index (χ0) is 24.4. The molecule has 5 aromatic rings. The molecule has 0 saturated heterocycles. The van der Waals surface area contributed by atoms with Crippen LogP contribution in [0.5, 0.6) is 0 Å². The van der Waals surface area contributed by atoms with E-state index < -0.39 is 15.7 Å². The van der Waals surface area contributed by atoms with Gasteiger partial charge in [0.2, 0.25) is 0 Å². The molecule has 0 aliphatic carbocycles. The molecule has 0 spiro atoms. The molecule has 0 aliphatic heterocycles. The average Bonchev–Trinajstić information content (AvgIpc) is 2.87. The fraction of sp³-hybridized carbons (Fsp3) is 0.0357. The molecule has 0 fully saturated rings. The minimum Gasteiger partial charge on any atom is -0.476 e. The molecule has 1 unspecified atom stereocenters. The van der Waals surface area contributed by atoms with E-state index in [0.717, 1.165) is 5.39 Å². The second kappa shape index (κ2) is 9.01. The molecule has 0 aliphatic rings. The summed E-state index contributed by atoms with van der Waals surface area (Å²) in [5, 5.41) is 11.6. The van der Waals surface area contributed by atoms with Crippen molar-refractivity contribution in [2.45, 2.75) is 4.90 Å². The number of rotatable bonds is 3. The van der Waals surface area contributed by atoms with Gasteiger partial charge in [0, 0.05) is 34.8 Å². The minimum atomic E-state index is -2.83. The van der Waals surface area contributed by atoms with E-state index in [4.69, 9.17) is 0 Å². The van der Waals surface area contributed by atoms with Gasteiger partial charge < -0.3 is 5.11 Å². The summed E-state index contributed by atoms with van der Waals surface area (Å²) in [6.07, 6.45) is 4.74. The molecule has 3 aromatic carbocycles. The maximum atomic E-state index is 13.8. The van der Waals surface area contributed by atoms with Crippen molar-refractivity contribution in [1.82, 2.24) is 9.97 Å². The summed E-state index contributed by atoms with van der Waals surface area (Å²) >= 11 is 0. The Bertz CT molecular complexity index is 1800. The van der Waals surface area contributed by atoms with Crippen molar-refractivity contribution in [2.75, 3.05) is 6.26 Å². The minimum absolute atomic E-state index is 0.0176. The van der Waals surface area contributed by atoms with Crippen LogP contribution in [0.25, 0.3) is 21.7 Å². The lowest BCUT2D eigenvalue weighted by Crippen LogP contribution is -2.02. The summed E-state index contributed by atoms with van der Waals surface area (Å²) in [4.78, 5) is 20.6. The first-order chi connectivity index (χ1) is 16.9. The smallest absolute Gasteiger partial charge is 0.355 e. The van der Waals surface area contributed by atoms with Crippen molar-refractivity contribution in [3.05, 3.63) is 108 Å². The molecule has 5 rings (SSSR count). The largest absolute Gasteiger partial charge is 0.476 e. The number of hydrogen-bond acceptors (Lipinski definition) is 5. The SMILES string of the molecule is CS(=O)(=Nc1ccccc1C#Cc1cnc(C(=O)O)c2ccccc12)c1cccc2cccnc12. The molecule has 0 amide bonds. The number of carboxylic acid groups (broad SMARTS) is 1. The van der Waals surface area contributed by atoms with Gasteiger partial charge >= 0.3 is 5.97 Å². The normalized spacial score (nSPS) is 12.5. The van der Waals surface area contributed by atoms with E-state index in [2.05, 4.69) is 26.2 Å². The third-order valence-electron chi connectivity index (χ3n) is 5.51. The fourth-order valence-corrected chi connectivity index (χ4v) is 5.37. The highest BCUT2D eigenvalue weighted by molar-refractivity contribution is 7.93. The van der Waals surface area contributed by atoms with Gasteiger partial charge in [0.15, 0.2) is 5.69 Å². The Morgan fingerprint density at radius 1 is 0.857 bits per heavy atom. The second-order valence-corrected chi connectivity index (χ2v) is 10.1. The van der Waals surface area contributed by atoms with E-state index in [0.29, 0.717) is 38.0 Å². The molecule has 0 bridgehead atoms. The predicted molar refractivity (Wildman–Crippen MR) is 137 cm³/mol. The van der Waals surface area contributed by atoms with Crippen molar-refractivity contribution >= 4 is 43.1 Å². The van der Waals surface area contributed by atoms with Gasteiger partial charge in [-0.05, 0) is 24.3 Å². The molecular weight excluding hydrogens is 458 g/mol. The first-order valence-electron chi connectivity index (χ1n) is 10.7. The van der Waals surface area contributed by atoms with Crippen molar-refractivity contribution in [3.63, 3.8) is 0 Å². The molecule has 7 heteroatoms. The van der Waals surface area contributed by atoms with Crippen molar-refractivity contribution in [3.8, 4) is 11.8 Å². The van der Waals surface area contributed by atoms with E-state index >= 15 is 0 Å². The van der Waals surface area contributed by atoms with Crippen LogP contribution in [0.1, 0.15) is 21.6 Å². The lowest BCUT2D eigenvalue weighted by atomic mass is 10.0. The number of aromatic carboxylic acids is 1. The van der Waals surface area contributed by atoms with Crippen LogP contribution in [-0.2, 0) is 9.73 Å². The van der Waals surface area contributed by atoms with Gasteiger partial charge in [0.1, 0.15) is 0 Å². The van der Waals surface area contributed by atoms with Gasteiger partial charge in [-0.3, -0.25) is 4.98 Å². The first kappa shape index (κ1) is 22.3. The molecule has 0 radical (unpaired) electrons. The van der Waals surface area contributed by atoms with E-state index in [-0.39, 0.29) is 5.69 Å². The van der Waals surface area contributed by atoms with Gasteiger partial charge in [-0.2, -0.15) is 4.36 Å². The number of pyridine rings is 2. The second-order valence-electron chi connectivity index (χ2n) is 7.86. The number of hydrogen-bond donors (Lipinski definition) is 1. The molecule has 170 valence electrons. The Kier molecular flexibility index (Phi) is 5.73. The predicted octanol–water partition coefficient (Wildman–Crippen LogP) is 5.67. The molecule has 35 heavy (non-hydrogen) atoms. The first-order valence-corrected chi connectivity index (χ1v) is 12.6. The molecular formula is C28H19N3O3S. The Morgan fingerprint density at radius 3 is 2.40 bits per heavy atom. The van der Waals surface area contributed by atoms with Crippen LogP contribution in [0.15, 0.2) is 101 Å². The van der Waals surface area contributed by atoms with Gasteiger partial charge in [-0.25, -0.2) is 14.0 Å². The maximum absolute atomic E-state index is 13.8. The Balaban J connectivity index is 1.62. The van der Waals surface area contributed by atoms with Crippen LogP contribution in [0.3, 0.4) is 0 Å². The zero-order valence-electron chi connectivity index (χ0n) is 18.7. The number of para-hydroxylation sites is 1. The van der Waals surface area contributed by atoms with Crippen LogP contribution in [0.2, 0.25) is 0 Å². The maximum Gasteiger partial charge on any atom is 0.355 e. The van der Waals surface area contributed by atoms with Crippen LogP contribution >= 0.6 is 0 Å². The lowest BCUT2D eigenvalue weighted by molar-refractivity contribution is 0.0693. The van der Waals surface area contributed by atoms with Crippen LogP contribution in [0.4, 0.5) is 5.69 Å². The molecule has 2 aromatic heterocycles. The Labute approximate surface area is 202 Å². The van der Waals surface area contributed by atoms with E-state index in [1.165, 1.54) is 6.20 Å². The van der Waals surface area contributed by atoms with E-state index in [1.54, 1.807) is 36.7 Å². The standard InChI is InChI=1S/C28H19N3O3S/c1-35(34,25-14-6-9-20-10-7-17-29-26(20)25)31-24-13-5-2-8-19(24)15-16-21-18-30-27(28(32)33)23-12-4-3-11-22(21)23/h2-14,17-18H,1H3,(H,32,33). The average molecular weight is 478 g/mol. The highest BCUT2D eigenvalue weighted by atomic mass is 32.2. The summed E-state index contributed by atoms with van der Waals surface area (Å²) < 4.78 is 18.4. The summed E-state index contributed by atoms with van der Waals surface area (Å²) in [5.41, 5.74) is 2.33. The van der Waals surface area contributed by atoms with Crippen LogP contribution in [-0.4, -0.2) is 31.5 Å². The molecule has 0 saturated carbocycles. The molecule has 2 heterocycles. The number of aromatic nitrogens is 2. The van der Waals surface area contributed by atoms with Gasteiger partial charge in [-0.15, -0.1) is 0 Å². The third-order valence-corrected chi connectivity index (χ3v) is 7.20. The number of carboxylic acids is 1. The number of benzene rings is 3. The monoisotopic (exact) mass is 477 g/mol. The number of fused-ring (bicyclic) bond motifs is 2. The fourth-order valence-electron chi connectivity index (χ4n) is 3.88. The summed E-state index contributed by atoms with van der Waals surface area (Å²) in [7, 11) is -2.83. The summed E-state index contributed by atoms with van der Waals surface area (Å²) in [5.74, 6) is 5.11. The Morgan fingerprint density at radius 2 is 1.57 bits per heavy atom. The highest BCUT2D eigenvalue weighted by Crippen LogP contribution is 2.27. The van der Waals surface area contributed by atoms with Crippen LogP contribution in [0, 0.1) is 11.8 Å². The van der Waals surface area contributed by atoms with Gasteiger partial charge in [-0.1, -0.05) is 66.4 Å². The van der Waals surface area contributed by atoms with Gasteiger partial charge in [0.25, 0.3) is 0 Å². The highest BCUT2D eigenvalue weighted by Gasteiger charge is 2.14. The molecule has 6 nitrogen and oxygen atoms in total. The molecule has 1 atom stereocenters. The third kappa shape index (κ3) is 4.35.